The molecule has 0 aromatic heterocycles. The van der Waals surface area contributed by atoms with Crippen LogP contribution in [0.3, 0.4) is 0 Å². The van der Waals surface area contributed by atoms with Crippen molar-refractivity contribution in [3.05, 3.63) is 66.9 Å². The SMILES string of the molecule is C=C(CC1=[N+](c2ccccc2)[C@@](C)(O)CS1)Nc1ccc(OCC)cc1. The number of nitrogens with one attached hydrogen (secondary N) is 1. The van der Waals surface area contributed by atoms with Gasteiger partial charge >= 0.3 is 0 Å². The highest BCUT2D eigenvalue weighted by atomic mass is 32.2. The monoisotopic (exact) mass is 369 g/mol. The fraction of sp³-hybridized carbons (Fsp3) is 0.286. The molecule has 1 atom stereocenters. The van der Waals surface area contributed by atoms with E-state index in [4.69, 9.17) is 4.74 Å². The predicted octanol–water partition coefficient (Wildman–Crippen LogP) is 4.60. The fourth-order valence-electron chi connectivity index (χ4n) is 2.98. The van der Waals surface area contributed by atoms with Gasteiger partial charge < -0.3 is 15.2 Å². The summed E-state index contributed by atoms with van der Waals surface area (Å²) in [6, 6.07) is 17.8. The van der Waals surface area contributed by atoms with Crippen molar-refractivity contribution in [2.24, 2.45) is 0 Å². The van der Waals surface area contributed by atoms with E-state index in [-0.39, 0.29) is 0 Å². The summed E-state index contributed by atoms with van der Waals surface area (Å²) in [6.07, 6.45) is 0.656. The van der Waals surface area contributed by atoms with E-state index >= 15 is 0 Å². The summed E-state index contributed by atoms with van der Waals surface area (Å²) in [7, 11) is 0. The summed E-state index contributed by atoms with van der Waals surface area (Å²) < 4.78 is 7.47. The van der Waals surface area contributed by atoms with E-state index in [0.29, 0.717) is 18.8 Å². The molecule has 1 heterocycles. The minimum Gasteiger partial charge on any atom is -0.494 e. The molecule has 5 heteroatoms. The second-order valence-corrected chi connectivity index (χ2v) is 7.48. The summed E-state index contributed by atoms with van der Waals surface area (Å²) >= 11 is 1.67. The molecule has 0 aliphatic carbocycles. The molecule has 2 N–H and O–H groups in total. The second kappa shape index (κ2) is 7.98. The Bertz CT molecular complexity index is 799. The maximum Gasteiger partial charge on any atom is 0.277 e. The van der Waals surface area contributed by atoms with Gasteiger partial charge in [0.05, 0.1) is 18.8 Å². The summed E-state index contributed by atoms with van der Waals surface area (Å²) in [4.78, 5) is 0. The summed E-state index contributed by atoms with van der Waals surface area (Å²) in [6.45, 7) is 8.64. The van der Waals surface area contributed by atoms with Crippen LogP contribution in [0, 0.1) is 0 Å². The van der Waals surface area contributed by atoms with Crippen molar-refractivity contribution < 1.29 is 14.4 Å². The van der Waals surface area contributed by atoms with Crippen LogP contribution in [-0.2, 0) is 0 Å². The van der Waals surface area contributed by atoms with Gasteiger partial charge in [-0.15, -0.1) is 0 Å². The van der Waals surface area contributed by atoms with Gasteiger partial charge in [-0.05, 0) is 31.2 Å². The quantitative estimate of drug-likeness (QED) is 0.700. The van der Waals surface area contributed by atoms with Gasteiger partial charge in [0, 0.05) is 30.4 Å². The molecular weight excluding hydrogens is 344 g/mol. The molecule has 0 saturated carbocycles. The molecule has 1 aliphatic heterocycles. The number of benzene rings is 2. The molecule has 0 amide bonds. The summed E-state index contributed by atoms with van der Waals surface area (Å²) in [5.41, 5.74) is 1.95. The normalized spacial score (nSPS) is 19.5. The van der Waals surface area contributed by atoms with Gasteiger partial charge in [0.25, 0.3) is 5.72 Å². The number of hydrogen-bond donors (Lipinski definition) is 2. The molecule has 0 saturated heterocycles. The molecule has 1 aliphatic rings. The molecule has 0 fully saturated rings. The van der Waals surface area contributed by atoms with Crippen LogP contribution in [0.1, 0.15) is 20.3 Å². The van der Waals surface area contributed by atoms with Crippen LogP contribution in [0.4, 0.5) is 11.4 Å². The van der Waals surface area contributed by atoms with Crippen LogP contribution in [0.25, 0.3) is 0 Å². The van der Waals surface area contributed by atoms with E-state index in [1.165, 1.54) is 0 Å². The van der Waals surface area contributed by atoms with E-state index < -0.39 is 5.72 Å². The van der Waals surface area contributed by atoms with E-state index in [1.807, 2.05) is 73.0 Å². The highest BCUT2D eigenvalue weighted by Crippen LogP contribution is 2.34. The van der Waals surface area contributed by atoms with Gasteiger partial charge in [0.1, 0.15) is 5.75 Å². The van der Waals surface area contributed by atoms with Crippen LogP contribution in [0.2, 0.25) is 0 Å². The number of allylic oxidation sites excluding steroid dienone is 1. The minimum atomic E-state index is -0.902. The zero-order chi connectivity index (χ0) is 18.6. The lowest BCUT2D eigenvalue weighted by Crippen LogP contribution is -2.36. The Morgan fingerprint density at radius 1 is 1.23 bits per heavy atom. The van der Waals surface area contributed by atoms with Crippen LogP contribution in [-0.4, -0.2) is 32.8 Å². The fourth-order valence-corrected chi connectivity index (χ4v) is 4.26. The molecule has 4 nitrogen and oxygen atoms in total. The van der Waals surface area contributed by atoms with Crippen LogP contribution < -0.4 is 10.1 Å². The number of nitrogens with zero attached hydrogens (tertiary/aromatic N) is 1. The Kier molecular flexibility index (Phi) is 5.69. The third kappa shape index (κ3) is 4.29. The van der Waals surface area contributed by atoms with E-state index in [0.717, 1.165) is 27.9 Å². The molecule has 2 aromatic carbocycles. The summed E-state index contributed by atoms with van der Waals surface area (Å²) in [5.74, 6) is 1.49. The van der Waals surface area contributed by atoms with E-state index in [1.54, 1.807) is 11.8 Å². The van der Waals surface area contributed by atoms with Gasteiger partial charge in [0.2, 0.25) is 10.7 Å². The first-order valence-corrected chi connectivity index (χ1v) is 9.72. The lowest BCUT2D eigenvalue weighted by Gasteiger charge is -2.15. The van der Waals surface area contributed by atoms with Crippen molar-refractivity contribution in [1.82, 2.24) is 0 Å². The second-order valence-electron chi connectivity index (χ2n) is 6.43. The van der Waals surface area contributed by atoms with Crippen LogP contribution >= 0.6 is 11.8 Å². The molecule has 26 heavy (non-hydrogen) atoms. The van der Waals surface area contributed by atoms with Gasteiger partial charge in [0.15, 0.2) is 0 Å². The highest BCUT2D eigenvalue weighted by Gasteiger charge is 2.44. The van der Waals surface area contributed by atoms with E-state index in [9.17, 15) is 5.11 Å². The molecule has 0 unspecified atom stereocenters. The number of para-hydroxylation sites is 1. The largest absolute Gasteiger partial charge is 0.494 e. The maximum atomic E-state index is 10.8. The lowest BCUT2D eigenvalue weighted by atomic mass is 10.2. The zero-order valence-electron chi connectivity index (χ0n) is 15.2. The van der Waals surface area contributed by atoms with Gasteiger partial charge in [-0.3, -0.25) is 0 Å². The van der Waals surface area contributed by atoms with Crippen LogP contribution in [0.15, 0.2) is 66.9 Å². The van der Waals surface area contributed by atoms with Gasteiger partial charge in [-0.25, -0.2) is 0 Å². The lowest BCUT2D eigenvalue weighted by molar-refractivity contribution is -0.575. The molecule has 3 rings (SSSR count). The minimum absolute atomic E-state index is 0.633. The smallest absolute Gasteiger partial charge is 0.277 e. The average molecular weight is 370 g/mol. The third-order valence-corrected chi connectivity index (χ3v) is 5.46. The van der Waals surface area contributed by atoms with Crippen molar-refractivity contribution in [3.63, 3.8) is 0 Å². The molecule has 0 bridgehead atoms. The Morgan fingerprint density at radius 3 is 2.58 bits per heavy atom. The predicted molar refractivity (Wildman–Crippen MR) is 109 cm³/mol. The van der Waals surface area contributed by atoms with E-state index in [2.05, 4.69) is 11.9 Å². The topological polar surface area (TPSA) is 44.5 Å². The molecule has 136 valence electrons. The molecular formula is C21H25N2O2S+. The third-order valence-electron chi connectivity index (χ3n) is 4.11. The molecule has 0 radical (unpaired) electrons. The maximum absolute atomic E-state index is 10.8. The standard InChI is InChI=1S/C21H25N2O2S/c1-4-25-19-12-10-17(11-13-19)22-16(2)14-20-23(21(3,24)15-26-20)18-8-6-5-7-9-18/h5-13,22,24H,2,4,14-15H2,1,3H3/q+1/t21-/m0/s1. The first-order valence-electron chi connectivity index (χ1n) is 8.73. The van der Waals surface area contributed by atoms with Crippen molar-refractivity contribution in [1.29, 1.82) is 0 Å². The number of aliphatic hydroxyl groups is 1. The van der Waals surface area contributed by atoms with Crippen molar-refractivity contribution in [3.8, 4) is 5.75 Å². The number of ether oxygens (including phenoxy) is 1. The number of rotatable bonds is 7. The zero-order valence-corrected chi connectivity index (χ0v) is 16.1. The van der Waals surface area contributed by atoms with Crippen molar-refractivity contribution >= 4 is 28.2 Å². The first-order chi connectivity index (χ1) is 12.5. The van der Waals surface area contributed by atoms with Gasteiger partial charge in [-0.1, -0.05) is 36.5 Å². The Balaban J connectivity index is 1.74. The number of anilines is 1. The van der Waals surface area contributed by atoms with Crippen molar-refractivity contribution in [2.45, 2.75) is 26.0 Å². The van der Waals surface area contributed by atoms with Crippen LogP contribution in [0.5, 0.6) is 5.75 Å². The van der Waals surface area contributed by atoms with Crippen molar-refractivity contribution in [2.75, 3.05) is 17.7 Å². The Morgan fingerprint density at radius 2 is 1.92 bits per heavy atom. The number of thioether (sulfide) groups is 1. The first kappa shape index (κ1) is 18.5. The summed E-state index contributed by atoms with van der Waals surface area (Å²) in [5, 5.41) is 15.2. The Labute approximate surface area is 159 Å². The average Bonchev–Trinajstić information content (AvgIpc) is 2.92. The molecule has 2 aromatic rings. The van der Waals surface area contributed by atoms with Gasteiger partial charge in [-0.2, -0.15) is 4.58 Å². The molecule has 0 spiro atoms. The number of hydrogen-bond acceptors (Lipinski definition) is 4. The highest BCUT2D eigenvalue weighted by molar-refractivity contribution is 8.14. The Hall–Kier alpha value is -2.24.